The molecule has 0 atom stereocenters. The second-order valence-electron chi connectivity index (χ2n) is 7.58. The van der Waals surface area contributed by atoms with Gasteiger partial charge < -0.3 is 4.90 Å². The molecular formula is C23H28FN5. The first-order chi connectivity index (χ1) is 14.2. The summed E-state index contributed by atoms with van der Waals surface area (Å²) in [6, 6.07) is 9.18. The monoisotopic (exact) mass is 393 g/mol. The van der Waals surface area contributed by atoms with Crippen LogP contribution in [-0.4, -0.2) is 52.2 Å². The molecule has 0 radical (unpaired) electrons. The molecule has 5 nitrogen and oxygen atoms in total. The molecule has 0 spiro atoms. The van der Waals surface area contributed by atoms with E-state index in [1.165, 1.54) is 19.3 Å². The highest BCUT2D eigenvalue weighted by Crippen LogP contribution is 2.27. The minimum atomic E-state index is -0.197. The van der Waals surface area contributed by atoms with E-state index in [2.05, 4.69) is 33.4 Å². The molecule has 3 aromatic rings. The fourth-order valence-corrected chi connectivity index (χ4v) is 3.91. The zero-order valence-corrected chi connectivity index (χ0v) is 17.0. The van der Waals surface area contributed by atoms with Crippen molar-refractivity contribution >= 4 is 17.4 Å². The Morgan fingerprint density at radius 3 is 2.66 bits per heavy atom. The Bertz CT molecular complexity index is 988. The van der Waals surface area contributed by atoms with E-state index in [0.717, 1.165) is 55.3 Å². The van der Waals surface area contributed by atoms with E-state index >= 15 is 0 Å². The van der Waals surface area contributed by atoms with Crippen LogP contribution < -0.4 is 4.90 Å². The molecule has 1 saturated heterocycles. The number of hydrogen-bond acceptors (Lipinski definition) is 4. The number of piperazine rings is 1. The van der Waals surface area contributed by atoms with Crippen LogP contribution >= 0.6 is 0 Å². The quantitative estimate of drug-likeness (QED) is 0.554. The van der Waals surface area contributed by atoms with Gasteiger partial charge in [-0.25, -0.2) is 13.9 Å². The molecule has 0 N–H and O–H groups in total. The normalized spacial score (nSPS) is 15.2. The Morgan fingerprint density at radius 2 is 1.93 bits per heavy atom. The molecule has 1 aromatic carbocycles. The van der Waals surface area contributed by atoms with Gasteiger partial charge in [0.1, 0.15) is 5.82 Å². The molecule has 0 unspecified atom stereocenters. The van der Waals surface area contributed by atoms with Gasteiger partial charge >= 0.3 is 0 Å². The molecule has 1 aliphatic heterocycles. The van der Waals surface area contributed by atoms with Crippen LogP contribution in [0.4, 0.5) is 10.1 Å². The highest BCUT2D eigenvalue weighted by atomic mass is 19.1. The van der Waals surface area contributed by atoms with E-state index in [1.807, 2.05) is 24.3 Å². The second kappa shape index (κ2) is 8.74. The number of imidazole rings is 1. The summed E-state index contributed by atoms with van der Waals surface area (Å²) < 4.78 is 16.7. The summed E-state index contributed by atoms with van der Waals surface area (Å²) in [5.74, 6) is -0.197. The highest BCUT2D eigenvalue weighted by molar-refractivity contribution is 5.66. The van der Waals surface area contributed by atoms with Crippen molar-refractivity contribution in [2.45, 2.75) is 26.2 Å². The molecule has 152 valence electrons. The van der Waals surface area contributed by atoms with Crippen molar-refractivity contribution in [2.75, 3.05) is 37.6 Å². The second-order valence-corrected chi connectivity index (χ2v) is 7.58. The molecular weight excluding hydrogens is 365 g/mol. The Kier molecular flexibility index (Phi) is 5.90. The molecule has 29 heavy (non-hydrogen) atoms. The molecule has 0 bridgehead atoms. The summed E-state index contributed by atoms with van der Waals surface area (Å²) in [5, 5.41) is 4.51. The van der Waals surface area contributed by atoms with Gasteiger partial charge in [0.2, 0.25) is 0 Å². The largest absolute Gasteiger partial charge is 0.367 e. The van der Waals surface area contributed by atoms with E-state index in [0.29, 0.717) is 5.69 Å². The lowest BCUT2D eigenvalue weighted by molar-refractivity contribution is 0.252. The summed E-state index contributed by atoms with van der Waals surface area (Å²) in [5.41, 5.74) is 3.70. The lowest BCUT2D eigenvalue weighted by Gasteiger charge is -2.36. The number of hydrogen-bond donors (Lipinski definition) is 0. The van der Waals surface area contributed by atoms with Gasteiger partial charge in [0, 0.05) is 31.7 Å². The third-order valence-electron chi connectivity index (χ3n) is 5.63. The number of halogens is 1. The van der Waals surface area contributed by atoms with E-state index in [-0.39, 0.29) is 5.82 Å². The van der Waals surface area contributed by atoms with Gasteiger partial charge in [-0.05, 0) is 43.3 Å². The lowest BCUT2D eigenvalue weighted by atomic mass is 10.1. The van der Waals surface area contributed by atoms with E-state index < -0.39 is 0 Å². The zero-order valence-electron chi connectivity index (χ0n) is 17.0. The number of anilines is 1. The number of nitrogens with zero attached hydrogens (tertiary/aromatic N) is 5. The first-order valence-corrected chi connectivity index (χ1v) is 10.4. The summed E-state index contributed by atoms with van der Waals surface area (Å²) in [4.78, 5) is 9.02. The third-order valence-corrected chi connectivity index (χ3v) is 5.63. The number of aromatic nitrogens is 3. The molecule has 2 aromatic heterocycles. The first-order valence-electron chi connectivity index (χ1n) is 10.4. The van der Waals surface area contributed by atoms with Crippen molar-refractivity contribution in [1.82, 2.24) is 19.5 Å². The number of fused-ring (bicyclic) bond motifs is 1. The van der Waals surface area contributed by atoms with Crippen LogP contribution in [0.5, 0.6) is 0 Å². The van der Waals surface area contributed by atoms with Crippen molar-refractivity contribution in [3.8, 4) is 11.3 Å². The minimum Gasteiger partial charge on any atom is -0.367 e. The average Bonchev–Trinajstić information content (AvgIpc) is 3.17. The van der Waals surface area contributed by atoms with Crippen LogP contribution in [-0.2, 0) is 0 Å². The van der Waals surface area contributed by atoms with E-state index in [4.69, 9.17) is 0 Å². The number of unbranched alkanes of at least 4 members (excludes halogenated alkanes) is 2. The SMILES string of the molecule is C=Cc1ccc2ncc(-c3ccc(N4CCN(CCCCC)CC4)c(F)c3)n2n1. The van der Waals surface area contributed by atoms with Crippen LogP contribution in [0.15, 0.2) is 43.1 Å². The maximum atomic E-state index is 15.0. The van der Waals surface area contributed by atoms with Crippen molar-refractivity contribution in [3.63, 3.8) is 0 Å². The van der Waals surface area contributed by atoms with Crippen LogP contribution in [0, 0.1) is 5.82 Å². The standard InChI is InChI=1S/C23H28FN5/c1-3-5-6-11-27-12-14-28(15-13-27)21-9-7-18(16-20(21)24)22-17-25-23-10-8-19(4-2)26-29(22)23/h4,7-10,16-17H,2-3,5-6,11-15H2,1H3. The molecule has 4 rings (SSSR count). The van der Waals surface area contributed by atoms with Crippen LogP contribution in [0.2, 0.25) is 0 Å². The summed E-state index contributed by atoms with van der Waals surface area (Å²) >= 11 is 0. The van der Waals surface area contributed by atoms with Gasteiger partial charge in [-0.2, -0.15) is 5.10 Å². The van der Waals surface area contributed by atoms with Crippen molar-refractivity contribution in [3.05, 3.63) is 54.6 Å². The predicted molar refractivity (Wildman–Crippen MR) is 117 cm³/mol. The summed E-state index contributed by atoms with van der Waals surface area (Å²) in [6.07, 6.45) is 7.20. The Hall–Kier alpha value is -2.73. The van der Waals surface area contributed by atoms with Gasteiger partial charge in [-0.1, -0.05) is 32.4 Å². The van der Waals surface area contributed by atoms with E-state index in [9.17, 15) is 4.39 Å². The van der Waals surface area contributed by atoms with Gasteiger partial charge in [0.25, 0.3) is 0 Å². The van der Waals surface area contributed by atoms with Gasteiger partial charge in [0.15, 0.2) is 5.65 Å². The predicted octanol–water partition coefficient (Wildman–Crippen LogP) is 4.49. The fraction of sp³-hybridized carbons (Fsp3) is 0.391. The molecule has 1 aliphatic rings. The van der Waals surface area contributed by atoms with Crippen LogP contribution in [0.3, 0.4) is 0 Å². The Balaban J connectivity index is 1.50. The van der Waals surface area contributed by atoms with Gasteiger partial charge in [-0.15, -0.1) is 0 Å². The van der Waals surface area contributed by atoms with Crippen molar-refractivity contribution < 1.29 is 4.39 Å². The third kappa shape index (κ3) is 4.17. The summed E-state index contributed by atoms with van der Waals surface area (Å²) in [7, 11) is 0. The maximum absolute atomic E-state index is 15.0. The van der Waals surface area contributed by atoms with Crippen molar-refractivity contribution in [2.24, 2.45) is 0 Å². The molecule has 0 saturated carbocycles. The molecule has 6 heteroatoms. The molecule has 3 heterocycles. The van der Waals surface area contributed by atoms with Crippen LogP contribution in [0.1, 0.15) is 31.9 Å². The Morgan fingerprint density at radius 1 is 1.10 bits per heavy atom. The Labute approximate surface area is 171 Å². The maximum Gasteiger partial charge on any atom is 0.154 e. The fourth-order valence-electron chi connectivity index (χ4n) is 3.91. The molecule has 0 amide bonds. The smallest absolute Gasteiger partial charge is 0.154 e. The lowest BCUT2D eigenvalue weighted by Crippen LogP contribution is -2.46. The summed E-state index contributed by atoms with van der Waals surface area (Å²) in [6.45, 7) is 10.9. The average molecular weight is 394 g/mol. The zero-order chi connectivity index (χ0) is 20.2. The topological polar surface area (TPSA) is 36.7 Å². The van der Waals surface area contributed by atoms with E-state index in [1.54, 1.807) is 22.9 Å². The first kappa shape index (κ1) is 19.6. The van der Waals surface area contributed by atoms with Gasteiger partial charge in [-0.3, -0.25) is 4.90 Å². The minimum absolute atomic E-state index is 0.197. The van der Waals surface area contributed by atoms with Gasteiger partial charge in [0.05, 0.1) is 23.3 Å². The highest BCUT2D eigenvalue weighted by Gasteiger charge is 2.20. The molecule has 1 fully saturated rings. The van der Waals surface area contributed by atoms with Crippen molar-refractivity contribution in [1.29, 1.82) is 0 Å². The number of rotatable bonds is 7. The number of benzene rings is 1. The molecule has 0 aliphatic carbocycles. The van der Waals surface area contributed by atoms with Crippen LogP contribution in [0.25, 0.3) is 23.0 Å².